The number of thiazole rings is 1. The van der Waals surface area contributed by atoms with Crippen LogP contribution in [0.25, 0.3) is 10.2 Å². The maximum absolute atomic E-state index is 10.6. The van der Waals surface area contributed by atoms with Crippen LogP contribution in [0.3, 0.4) is 0 Å². The molecule has 0 amide bonds. The summed E-state index contributed by atoms with van der Waals surface area (Å²) in [5.74, 6) is 0.765. The summed E-state index contributed by atoms with van der Waals surface area (Å²) in [7, 11) is 0. The minimum Gasteiger partial charge on any atom is -0.486 e. The standard InChI is InChI=1S/C24H29N3O2S/c1-16-5-6-22-23(11-16)30-24(25-22)26-13-18(3)27(19(4)14-26)15-20-9-17(2)10-21(12-20)29-8-7-28/h5-7,9-12,18-19H,8,13-15H2,1-4H3. The Morgan fingerprint density at radius 2 is 1.87 bits per heavy atom. The van der Waals surface area contributed by atoms with Crippen molar-refractivity contribution in [2.75, 3.05) is 24.6 Å². The molecule has 2 aromatic carbocycles. The second kappa shape index (κ2) is 8.74. The number of rotatable bonds is 6. The van der Waals surface area contributed by atoms with Crippen molar-refractivity contribution in [3.05, 3.63) is 53.1 Å². The van der Waals surface area contributed by atoms with Gasteiger partial charge < -0.3 is 9.64 Å². The van der Waals surface area contributed by atoms with Gasteiger partial charge in [0.15, 0.2) is 11.4 Å². The van der Waals surface area contributed by atoms with Gasteiger partial charge in [0.2, 0.25) is 0 Å². The van der Waals surface area contributed by atoms with Crippen molar-refractivity contribution >= 4 is 33.0 Å². The number of anilines is 1. The van der Waals surface area contributed by atoms with Crippen LogP contribution in [0.5, 0.6) is 5.75 Å². The number of piperazine rings is 1. The predicted octanol–water partition coefficient (Wildman–Crippen LogP) is 4.59. The number of ether oxygens (including phenoxy) is 1. The SMILES string of the molecule is Cc1cc(CN2C(C)CN(c3nc4ccc(C)cc4s3)CC2C)cc(OCC=O)c1. The Hall–Kier alpha value is -2.44. The average Bonchev–Trinajstić information content (AvgIpc) is 3.12. The lowest BCUT2D eigenvalue weighted by Gasteiger charge is -2.44. The Morgan fingerprint density at radius 1 is 1.10 bits per heavy atom. The van der Waals surface area contributed by atoms with Gasteiger partial charge in [-0.05, 0) is 68.7 Å². The Balaban J connectivity index is 1.48. The van der Waals surface area contributed by atoms with E-state index in [4.69, 9.17) is 9.72 Å². The minimum atomic E-state index is 0.0933. The van der Waals surface area contributed by atoms with Gasteiger partial charge in [-0.2, -0.15) is 0 Å². The van der Waals surface area contributed by atoms with Crippen molar-refractivity contribution in [1.82, 2.24) is 9.88 Å². The first-order valence-corrected chi connectivity index (χ1v) is 11.3. The molecule has 1 saturated heterocycles. The number of carbonyl (C=O) groups excluding carboxylic acids is 1. The second-order valence-corrected chi connectivity index (χ2v) is 9.38. The molecule has 1 aromatic heterocycles. The number of nitrogens with zero attached hydrogens (tertiary/aromatic N) is 3. The summed E-state index contributed by atoms with van der Waals surface area (Å²) >= 11 is 1.79. The zero-order valence-corrected chi connectivity index (χ0v) is 18.9. The Bertz CT molecular complexity index is 1040. The molecule has 30 heavy (non-hydrogen) atoms. The average molecular weight is 424 g/mol. The number of fused-ring (bicyclic) bond motifs is 1. The van der Waals surface area contributed by atoms with E-state index in [9.17, 15) is 4.79 Å². The van der Waals surface area contributed by atoms with E-state index in [0.29, 0.717) is 12.1 Å². The molecule has 2 unspecified atom stereocenters. The third kappa shape index (κ3) is 4.50. The van der Waals surface area contributed by atoms with Gasteiger partial charge in [-0.15, -0.1) is 0 Å². The monoisotopic (exact) mass is 423 g/mol. The summed E-state index contributed by atoms with van der Waals surface area (Å²) in [5, 5.41) is 1.12. The molecule has 0 saturated carbocycles. The summed E-state index contributed by atoms with van der Waals surface area (Å²) in [6.45, 7) is 11.7. The van der Waals surface area contributed by atoms with Crippen LogP contribution < -0.4 is 9.64 Å². The third-order valence-corrected chi connectivity index (χ3v) is 6.78. The maximum Gasteiger partial charge on any atom is 0.186 e. The first-order chi connectivity index (χ1) is 14.4. The zero-order valence-electron chi connectivity index (χ0n) is 18.1. The fourth-order valence-corrected chi connectivity index (χ4v) is 5.40. The number of hydrogen-bond donors (Lipinski definition) is 0. The molecular formula is C24H29N3O2S. The number of aldehydes is 1. The Morgan fingerprint density at radius 3 is 2.60 bits per heavy atom. The molecule has 1 fully saturated rings. The second-order valence-electron chi connectivity index (χ2n) is 8.37. The van der Waals surface area contributed by atoms with Crippen LogP contribution in [0, 0.1) is 13.8 Å². The van der Waals surface area contributed by atoms with Crippen LogP contribution in [-0.4, -0.2) is 48.0 Å². The Kier molecular flexibility index (Phi) is 6.06. The van der Waals surface area contributed by atoms with Crippen molar-refractivity contribution < 1.29 is 9.53 Å². The van der Waals surface area contributed by atoms with Gasteiger partial charge in [0, 0.05) is 31.7 Å². The molecule has 0 spiro atoms. The van der Waals surface area contributed by atoms with Gasteiger partial charge in [0.05, 0.1) is 10.2 Å². The summed E-state index contributed by atoms with van der Waals surface area (Å²) in [6, 6.07) is 13.5. The van der Waals surface area contributed by atoms with Crippen LogP contribution >= 0.6 is 11.3 Å². The maximum atomic E-state index is 10.6. The molecule has 4 rings (SSSR count). The molecule has 0 N–H and O–H groups in total. The van der Waals surface area contributed by atoms with Crippen molar-refractivity contribution in [2.24, 2.45) is 0 Å². The molecule has 0 aliphatic carbocycles. The quantitative estimate of drug-likeness (QED) is 0.543. The normalized spacial score (nSPS) is 19.9. The lowest BCUT2D eigenvalue weighted by atomic mass is 10.0. The summed E-state index contributed by atoms with van der Waals surface area (Å²) in [6.07, 6.45) is 0.786. The number of aryl methyl sites for hydroxylation is 2. The largest absolute Gasteiger partial charge is 0.486 e. The molecule has 158 valence electrons. The lowest BCUT2D eigenvalue weighted by molar-refractivity contribution is -0.109. The van der Waals surface area contributed by atoms with E-state index in [1.807, 2.05) is 6.07 Å². The third-order valence-electron chi connectivity index (χ3n) is 5.70. The zero-order chi connectivity index (χ0) is 21.3. The van der Waals surface area contributed by atoms with Crippen LogP contribution in [-0.2, 0) is 11.3 Å². The van der Waals surface area contributed by atoms with Crippen LogP contribution in [0.1, 0.15) is 30.5 Å². The predicted molar refractivity (Wildman–Crippen MR) is 124 cm³/mol. The smallest absolute Gasteiger partial charge is 0.186 e. The molecular weight excluding hydrogens is 394 g/mol. The minimum absolute atomic E-state index is 0.0933. The van der Waals surface area contributed by atoms with Crippen LogP contribution in [0.4, 0.5) is 5.13 Å². The first kappa shape index (κ1) is 20.8. The van der Waals surface area contributed by atoms with E-state index < -0.39 is 0 Å². The highest BCUT2D eigenvalue weighted by atomic mass is 32.1. The molecule has 0 bridgehead atoms. The van der Waals surface area contributed by atoms with Crippen LogP contribution in [0.2, 0.25) is 0 Å². The molecule has 3 aromatic rings. The Labute approximate surface area is 182 Å². The number of carbonyl (C=O) groups is 1. The van der Waals surface area contributed by atoms with E-state index in [1.54, 1.807) is 11.3 Å². The van der Waals surface area contributed by atoms with Crippen molar-refractivity contribution in [2.45, 2.75) is 46.3 Å². The van der Waals surface area contributed by atoms with E-state index in [1.165, 1.54) is 15.8 Å². The summed E-state index contributed by atoms with van der Waals surface area (Å²) < 4.78 is 6.79. The fourth-order valence-electron chi connectivity index (χ4n) is 4.32. The summed E-state index contributed by atoms with van der Waals surface area (Å²) in [4.78, 5) is 20.5. The molecule has 6 heteroatoms. The van der Waals surface area contributed by atoms with Crippen molar-refractivity contribution in [3.63, 3.8) is 0 Å². The van der Waals surface area contributed by atoms with E-state index >= 15 is 0 Å². The highest BCUT2D eigenvalue weighted by Gasteiger charge is 2.31. The van der Waals surface area contributed by atoms with Gasteiger partial charge in [-0.1, -0.05) is 23.5 Å². The molecule has 1 aliphatic rings. The summed E-state index contributed by atoms with van der Waals surface area (Å²) in [5.41, 5.74) is 4.74. The molecule has 0 radical (unpaired) electrons. The van der Waals surface area contributed by atoms with Gasteiger partial charge >= 0.3 is 0 Å². The van der Waals surface area contributed by atoms with E-state index in [0.717, 1.165) is 47.9 Å². The topological polar surface area (TPSA) is 45.7 Å². The molecule has 2 heterocycles. The number of hydrogen-bond acceptors (Lipinski definition) is 6. The van der Waals surface area contributed by atoms with E-state index in [2.05, 4.69) is 67.8 Å². The van der Waals surface area contributed by atoms with Gasteiger partial charge in [-0.25, -0.2) is 4.98 Å². The lowest BCUT2D eigenvalue weighted by Crippen LogP contribution is -2.56. The molecule has 1 aliphatic heterocycles. The van der Waals surface area contributed by atoms with Crippen molar-refractivity contribution in [3.8, 4) is 5.75 Å². The van der Waals surface area contributed by atoms with Gasteiger partial charge in [-0.3, -0.25) is 9.69 Å². The van der Waals surface area contributed by atoms with Gasteiger partial charge in [0.25, 0.3) is 0 Å². The van der Waals surface area contributed by atoms with Crippen molar-refractivity contribution in [1.29, 1.82) is 0 Å². The highest BCUT2D eigenvalue weighted by molar-refractivity contribution is 7.22. The first-order valence-electron chi connectivity index (χ1n) is 10.5. The molecule has 2 atom stereocenters. The van der Waals surface area contributed by atoms with E-state index in [-0.39, 0.29) is 6.61 Å². The number of aromatic nitrogens is 1. The molecule has 5 nitrogen and oxygen atoms in total. The van der Waals surface area contributed by atoms with Gasteiger partial charge in [0.1, 0.15) is 12.4 Å². The fraction of sp³-hybridized carbons (Fsp3) is 0.417. The number of benzene rings is 2. The highest BCUT2D eigenvalue weighted by Crippen LogP contribution is 2.32. The van der Waals surface area contributed by atoms with Crippen LogP contribution in [0.15, 0.2) is 36.4 Å².